The average Bonchev–Trinajstić information content (AvgIpc) is 2.91. The van der Waals surface area contributed by atoms with Crippen molar-refractivity contribution in [1.29, 1.82) is 0 Å². The Morgan fingerprint density at radius 1 is 1.14 bits per heavy atom. The minimum Gasteiger partial charge on any atom is -0.354 e. The third-order valence-corrected chi connectivity index (χ3v) is 2.89. The van der Waals surface area contributed by atoms with Gasteiger partial charge < -0.3 is 10.6 Å². The maximum absolute atomic E-state index is 4.46. The molecule has 0 radical (unpaired) electrons. The first kappa shape index (κ1) is 15.2. The Balaban J connectivity index is 2.23. The Morgan fingerprint density at radius 2 is 1.90 bits per heavy atom. The van der Waals surface area contributed by atoms with E-state index in [9.17, 15) is 0 Å². The molecule has 2 heterocycles. The van der Waals surface area contributed by atoms with E-state index in [-0.39, 0.29) is 0 Å². The van der Waals surface area contributed by atoms with Gasteiger partial charge in [-0.2, -0.15) is 15.0 Å². The molecule has 2 N–H and O–H groups in total. The van der Waals surface area contributed by atoms with Crippen molar-refractivity contribution in [3.05, 3.63) is 18.7 Å². The summed E-state index contributed by atoms with van der Waals surface area (Å²) in [4.78, 5) is 17.3. The molecular weight excluding hydrogens is 266 g/mol. The van der Waals surface area contributed by atoms with Crippen molar-refractivity contribution >= 4 is 11.9 Å². The predicted octanol–water partition coefficient (Wildman–Crippen LogP) is 2.34. The van der Waals surface area contributed by atoms with Crippen molar-refractivity contribution in [1.82, 2.24) is 24.5 Å². The van der Waals surface area contributed by atoms with Crippen molar-refractivity contribution < 1.29 is 0 Å². The van der Waals surface area contributed by atoms with Crippen molar-refractivity contribution in [3.63, 3.8) is 0 Å². The Labute approximate surface area is 125 Å². The molecular formula is C14H23N7. The summed E-state index contributed by atoms with van der Waals surface area (Å²) in [5.74, 6) is 2.32. The van der Waals surface area contributed by atoms with E-state index in [2.05, 4.69) is 51.3 Å². The number of nitrogens with one attached hydrogen (secondary N) is 2. The lowest BCUT2D eigenvalue weighted by molar-refractivity contribution is 0.537. The van der Waals surface area contributed by atoms with Crippen LogP contribution in [0.25, 0.3) is 5.95 Å². The SMILES string of the molecule is CCNc1nc(NC(C)CC(C)C)nc(-n2ccnc2)n1. The summed E-state index contributed by atoms with van der Waals surface area (Å²) in [5, 5.41) is 6.47. The Morgan fingerprint density at radius 3 is 2.52 bits per heavy atom. The van der Waals surface area contributed by atoms with Crippen LogP contribution in [0.3, 0.4) is 0 Å². The molecule has 0 saturated heterocycles. The highest BCUT2D eigenvalue weighted by Crippen LogP contribution is 2.13. The molecule has 0 aromatic carbocycles. The number of rotatable bonds is 7. The van der Waals surface area contributed by atoms with Gasteiger partial charge in [-0.1, -0.05) is 13.8 Å². The molecule has 7 nitrogen and oxygen atoms in total. The summed E-state index contributed by atoms with van der Waals surface area (Å²) >= 11 is 0. The molecule has 0 spiro atoms. The largest absolute Gasteiger partial charge is 0.354 e. The zero-order valence-electron chi connectivity index (χ0n) is 13.0. The lowest BCUT2D eigenvalue weighted by Gasteiger charge is -2.16. The summed E-state index contributed by atoms with van der Waals surface area (Å²) in [5.41, 5.74) is 0. The standard InChI is InChI=1S/C14H23N7/c1-5-16-12-18-13(17-11(4)8-10(2)3)20-14(19-12)21-7-6-15-9-21/h6-7,9-11H,5,8H2,1-4H3,(H2,16,17,18,19,20). The van der Waals surface area contributed by atoms with Crippen LogP contribution in [0.5, 0.6) is 0 Å². The number of aromatic nitrogens is 5. The minimum atomic E-state index is 0.303. The molecule has 114 valence electrons. The van der Waals surface area contributed by atoms with Crippen LogP contribution in [0, 0.1) is 5.92 Å². The number of anilines is 2. The molecule has 1 atom stereocenters. The van der Waals surface area contributed by atoms with E-state index in [1.165, 1.54) is 0 Å². The average molecular weight is 289 g/mol. The number of imidazole rings is 1. The van der Waals surface area contributed by atoms with Gasteiger partial charge in [-0.25, -0.2) is 4.98 Å². The zero-order valence-corrected chi connectivity index (χ0v) is 13.0. The monoisotopic (exact) mass is 289 g/mol. The highest BCUT2D eigenvalue weighted by atomic mass is 15.3. The van der Waals surface area contributed by atoms with E-state index in [1.807, 2.05) is 13.1 Å². The van der Waals surface area contributed by atoms with Gasteiger partial charge in [0, 0.05) is 25.0 Å². The van der Waals surface area contributed by atoms with E-state index in [1.54, 1.807) is 17.1 Å². The van der Waals surface area contributed by atoms with Crippen LogP contribution >= 0.6 is 0 Å². The molecule has 0 aliphatic rings. The van der Waals surface area contributed by atoms with Crippen molar-refractivity contribution in [2.75, 3.05) is 17.2 Å². The molecule has 2 aromatic heterocycles. The van der Waals surface area contributed by atoms with Crippen molar-refractivity contribution in [2.45, 2.75) is 40.2 Å². The quantitative estimate of drug-likeness (QED) is 0.814. The second-order valence-corrected chi connectivity index (χ2v) is 5.46. The van der Waals surface area contributed by atoms with Crippen LogP contribution in [0.15, 0.2) is 18.7 Å². The molecule has 0 saturated carbocycles. The normalized spacial score (nSPS) is 12.4. The number of hydrogen-bond acceptors (Lipinski definition) is 6. The van der Waals surface area contributed by atoms with Gasteiger partial charge in [0.2, 0.25) is 17.8 Å². The van der Waals surface area contributed by atoms with E-state index < -0.39 is 0 Å². The van der Waals surface area contributed by atoms with Gasteiger partial charge in [-0.15, -0.1) is 0 Å². The molecule has 2 aromatic rings. The fraction of sp³-hybridized carbons (Fsp3) is 0.571. The Hall–Kier alpha value is -2.18. The van der Waals surface area contributed by atoms with Gasteiger partial charge in [0.15, 0.2) is 0 Å². The van der Waals surface area contributed by atoms with E-state index >= 15 is 0 Å². The van der Waals surface area contributed by atoms with E-state index in [0.717, 1.165) is 13.0 Å². The predicted molar refractivity (Wildman–Crippen MR) is 83.7 cm³/mol. The molecule has 21 heavy (non-hydrogen) atoms. The smallest absolute Gasteiger partial charge is 0.241 e. The van der Waals surface area contributed by atoms with Gasteiger partial charge in [-0.05, 0) is 26.2 Å². The minimum absolute atomic E-state index is 0.303. The summed E-state index contributed by atoms with van der Waals surface area (Å²) in [6, 6.07) is 0.303. The fourth-order valence-electron chi connectivity index (χ4n) is 2.15. The van der Waals surface area contributed by atoms with Gasteiger partial charge in [0.05, 0.1) is 0 Å². The highest BCUT2D eigenvalue weighted by molar-refractivity contribution is 5.38. The van der Waals surface area contributed by atoms with Crippen molar-refractivity contribution in [3.8, 4) is 5.95 Å². The second-order valence-electron chi connectivity index (χ2n) is 5.46. The van der Waals surface area contributed by atoms with Crippen LogP contribution in [0.2, 0.25) is 0 Å². The van der Waals surface area contributed by atoms with Crippen LogP contribution in [0.1, 0.15) is 34.1 Å². The molecule has 0 aliphatic heterocycles. The van der Waals surface area contributed by atoms with Gasteiger partial charge in [0.25, 0.3) is 0 Å². The summed E-state index contributed by atoms with van der Waals surface area (Å²) in [6.45, 7) is 9.30. The molecule has 0 bridgehead atoms. The third kappa shape index (κ3) is 4.40. The summed E-state index contributed by atoms with van der Waals surface area (Å²) in [6.07, 6.45) is 6.24. The fourth-order valence-corrected chi connectivity index (χ4v) is 2.15. The van der Waals surface area contributed by atoms with E-state index in [4.69, 9.17) is 0 Å². The first-order valence-electron chi connectivity index (χ1n) is 7.33. The molecule has 0 aliphatic carbocycles. The van der Waals surface area contributed by atoms with Crippen LogP contribution in [0.4, 0.5) is 11.9 Å². The maximum atomic E-state index is 4.46. The molecule has 0 fully saturated rings. The first-order chi connectivity index (χ1) is 10.1. The zero-order chi connectivity index (χ0) is 15.2. The second kappa shape index (κ2) is 7.01. The van der Waals surface area contributed by atoms with Crippen LogP contribution < -0.4 is 10.6 Å². The maximum Gasteiger partial charge on any atom is 0.241 e. The lowest BCUT2D eigenvalue weighted by Crippen LogP contribution is -2.20. The molecule has 0 amide bonds. The van der Waals surface area contributed by atoms with Gasteiger partial charge >= 0.3 is 0 Å². The number of nitrogens with zero attached hydrogens (tertiary/aromatic N) is 5. The third-order valence-electron chi connectivity index (χ3n) is 2.89. The van der Waals surface area contributed by atoms with Gasteiger partial charge in [-0.3, -0.25) is 4.57 Å². The molecule has 7 heteroatoms. The van der Waals surface area contributed by atoms with Gasteiger partial charge in [0.1, 0.15) is 6.33 Å². The molecule has 2 rings (SSSR count). The molecule has 1 unspecified atom stereocenters. The topological polar surface area (TPSA) is 80.5 Å². The van der Waals surface area contributed by atoms with Crippen molar-refractivity contribution in [2.24, 2.45) is 5.92 Å². The highest BCUT2D eigenvalue weighted by Gasteiger charge is 2.11. The summed E-state index contributed by atoms with van der Waals surface area (Å²) in [7, 11) is 0. The Kier molecular flexibility index (Phi) is 5.08. The van der Waals surface area contributed by atoms with E-state index in [0.29, 0.717) is 29.8 Å². The first-order valence-corrected chi connectivity index (χ1v) is 7.33. The lowest BCUT2D eigenvalue weighted by atomic mass is 10.1. The van der Waals surface area contributed by atoms with Crippen LogP contribution in [-0.2, 0) is 0 Å². The van der Waals surface area contributed by atoms with Crippen LogP contribution in [-0.4, -0.2) is 37.1 Å². The summed E-state index contributed by atoms with van der Waals surface area (Å²) < 4.78 is 1.76. The Bertz CT molecular complexity index is 550. The number of hydrogen-bond donors (Lipinski definition) is 2.